The summed E-state index contributed by atoms with van der Waals surface area (Å²) in [5, 5.41) is 40.6. The summed E-state index contributed by atoms with van der Waals surface area (Å²) in [6.07, 6.45) is 2.96. The summed E-state index contributed by atoms with van der Waals surface area (Å²) in [7, 11) is 1.44. The first kappa shape index (κ1) is 23.2. The Kier molecular flexibility index (Phi) is 7.30. The maximum atomic E-state index is 12.6. The predicted molar refractivity (Wildman–Crippen MR) is 116 cm³/mol. The highest BCUT2D eigenvalue weighted by Gasteiger charge is 2.53. The fraction of sp³-hybridized carbons (Fsp3) is 0.500. The highest BCUT2D eigenvalue weighted by Crippen LogP contribution is 2.45. The third-order valence-electron chi connectivity index (χ3n) is 6.59. The van der Waals surface area contributed by atoms with Crippen LogP contribution in [-0.4, -0.2) is 63.5 Å². The zero-order valence-corrected chi connectivity index (χ0v) is 18.0. The van der Waals surface area contributed by atoms with Gasteiger partial charge in [-0.2, -0.15) is 0 Å². The fourth-order valence-electron chi connectivity index (χ4n) is 4.94. The Balaban J connectivity index is 1.81. The summed E-state index contributed by atoms with van der Waals surface area (Å²) in [5.41, 5.74) is 2.99. The number of allylic oxidation sites excluding steroid dienone is 1. The monoisotopic (exact) mass is 429 g/mol. The Labute approximate surface area is 182 Å². The number of benzene rings is 1. The molecule has 1 aliphatic carbocycles. The van der Waals surface area contributed by atoms with Gasteiger partial charge in [-0.3, -0.25) is 14.5 Å². The normalized spacial score (nSPS) is 25.3. The second-order valence-corrected chi connectivity index (χ2v) is 8.38. The van der Waals surface area contributed by atoms with Crippen molar-refractivity contribution in [1.82, 2.24) is 4.90 Å². The number of hydrogen-bond donors (Lipinski definition) is 4. The van der Waals surface area contributed by atoms with E-state index in [9.17, 15) is 30.0 Å². The van der Waals surface area contributed by atoms with Crippen LogP contribution in [0.15, 0.2) is 41.0 Å². The maximum Gasteiger partial charge on any atom is 0.233 e. The summed E-state index contributed by atoms with van der Waals surface area (Å²) in [4.78, 5) is 26.1. The quantitative estimate of drug-likeness (QED) is 0.370. The van der Waals surface area contributed by atoms with Crippen molar-refractivity contribution in [3.05, 3.63) is 46.5 Å². The molecule has 3 rings (SSSR count). The van der Waals surface area contributed by atoms with Crippen LogP contribution in [0.4, 0.5) is 0 Å². The highest BCUT2D eigenvalue weighted by atomic mass is 16.3. The number of rotatable bonds is 8. The van der Waals surface area contributed by atoms with Gasteiger partial charge in [0.25, 0.3) is 0 Å². The number of phenols is 1. The van der Waals surface area contributed by atoms with Gasteiger partial charge in [0.05, 0.1) is 31.2 Å². The number of carbonyl (C=O) groups is 2. The molecule has 2 aliphatic rings. The number of nitrogens with zero attached hydrogens (tertiary/aromatic N) is 1. The first-order chi connectivity index (χ1) is 14.8. The Bertz CT molecular complexity index is 905. The number of amides is 2. The molecule has 1 aromatic rings. The van der Waals surface area contributed by atoms with Crippen LogP contribution in [0.2, 0.25) is 0 Å². The number of aromatic hydroxyl groups is 1. The van der Waals surface area contributed by atoms with Gasteiger partial charge in [0.15, 0.2) is 0 Å². The van der Waals surface area contributed by atoms with Crippen molar-refractivity contribution in [2.75, 3.05) is 20.3 Å². The van der Waals surface area contributed by atoms with Crippen LogP contribution in [0.1, 0.15) is 38.2 Å². The molecule has 4 N–H and O–H groups in total. The minimum atomic E-state index is -0.937. The maximum absolute atomic E-state index is 12.6. The van der Waals surface area contributed by atoms with E-state index in [1.165, 1.54) is 7.05 Å². The van der Waals surface area contributed by atoms with E-state index in [1.54, 1.807) is 18.2 Å². The second kappa shape index (κ2) is 9.77. The van der Waals surface area contributed by atoms with Crippen LogP contribution < -0.4 is 0 Å². The van der Waals surface area contributed by atoms with Crippen LogP contribution in [0, 0.1) is 17.8 Å². The Morgan fingerprint density at radius 3 is 2.61 bits per heavy atom. The van der Waals surface area contributed by atoms with Gasteiger partial charge in [0.2, 0.25) is 11.8 Å². The van der Waals surface area contributed by atoms with Crippen molar-refractivity contribution in [2.24, 2.45) is 17.8 Å². The first-order valence-electron chi connectivity index (χ1n) is 10.7. The molecule has 1 fully saturated rings. The number of phenolic OH excluding ortho intramolecular Hbond substituents is 1. The SMILES string of the molecule is CC/C(=C\c1cccc(O)c1)CC[C@@H](O)C1=C(CO)C[C@H]2C(=O)N(C)C(=O)[C@H]2[C@H]1CO. The molecule has 0 bridgehead atoms. The summed E-state index contributed by atoms with van der Waals surface area (Å²) in [6, 6.07) is 6.93. The largest absolute Gasteiger partial charge is 0.508 e. The molecule has 0 aromatic heterocycles. The molecule has 168 valence electrons. The van der Waals surface area contributed by atoms with E-state index < -0.39 is 23.9 Å². The van der Waals surface area contributed by atoms with Crippen LogP contribution in [-0.2, 0) is 9.59 Å². The minimum absolute atomic E-state index is 0.185. The molecule has 0 radical (unpaired) electrons. The summed E-state index contributed by atoms with van der Waals surface area (Å²) in [5.74, 6) is -2.42. The average molecular weight is 430 g/mol. The first-order valence-corrected chi connectivity index (χ1v) is 10.7. The van der Waals surface area contributed by atoms with Crippen molar-refractivity contribution in [1.29, 1.82) is 0 Å². The van der Waals surface area contributed by atoms with E-state index in [1.807, 2.05) is 19.1 Å². The second-order valence-electron chi connectivity index (χ2n) is 8.38. The van der Waals surface area contributed by atoms with Crippen LogP contribution in [0.25, 0.3) is 6.08 Å². The van der Waals surface area contributed by atoms with Gasteiger partial charge in [0.1, 0.15) is 5.75 Å². The average Bonchev–Trinajstić information content (AvgIpc) is 2.98. The molecular weight excluding hydrogens is 398 g/mol. The number of likely N-dealkylation sites (tertiary alicyclic amines) is 1. The number of hydrogen-bond acceptors (Lipinski definition) is 6. The molecular formula is C24H31NO6. The fourth-order valence-corrected chi connectivity index (χ4v) is 4.94. The Morgan fingerprint density at radius 1 is 1.26 bits per heavy atom. The van der Waals surface area contributed by atoms with E-state index in [2.05, 4.69) is 0 Å². The predicted octanol–water partition coefficient (Wildman–Crippen LogP) is 1.86. The summed E-state index contributed by atoms with van der Waals surface area (Å²) < 4.78 is 0. The molecule has 1 aliphatic heterocycles. The number of carbonyl (C=O) groups excluding carboxylic acids is 2. The summed E-state index contributed by atoms with van der Waals surface area (Å²) in [6.45, 7) is 1.32. The number of imide groups is 1. The lowest BCUT2D eigenvalue weighted by molar-refractivity contribution is -0.138. The van der Waals surface area contributed by atoms with Gasteiger partial charge < -0.3 is 20.4 Å². The lowest BCUT2D eigenvalue weighted by Gasteiger charge is -2.36. The van der Waals surface area contributed by atoms with Crippen molar-refractivity contribution in [3.8, 4) is 5.75 Å². The lowest BCUT2D eigenvalue weighted by atomic mass is 9.68. The van der Waals surface area contributed by atoms with Crippen LogP contribution in [0.5, 0.6) is 5.75 Å². The lowest BCUT2D eigenvalue weighted by Crippen LogP contribution is -2.39. The van der Waals surface area contributed by atoms with Crippen molar-refractivity contribution < 1.29 is 30.0 Å². The Hall–Kier alpha value is -2.48. The minimum Gasteiger partial charge on any atom is -0.508 e. The van der Waals surface area contributed by atoms with E-state index >= 15 is 0 Å². The molecule has 1 aromatic carbocycles. The van der Waals surface area contributed by atoms with Crippen LogP contribution in [0.3, 0.4) is 0 Å². The van der Waals surface area contributed by atoms with Gasteiger partial charge in [-0.1, -0.05) is 30.7 Å². The van der Waals surface area contributed by atoms with Gasteiger partial charge >= 0.3 is 0 Å². The molecule has 31 heavy (non-hydrogen) atoms. The van der Waals surface area contributed by atoms with E-state index in [0.29, 0.717) is 24.0 Å². The highest BCUT2D eigenvalue weighted by molar-refractivity contribution is 6.05. The van der Waals surface area contributed by atoms with Gasteiger partial charge in [0, 0.05) is 13.0 Å². The van der Waals surface area contributed by atoms with E-state index in [0.717, 1.165) is 22.5 Å². The third kappa shape index (κ3) is 4.59. The third-order valence-corrected chi connectivity index (χ3v) is 6.59. The van der Waals surface area contributed by atoms with E-state index in [-0.39, 0.29) is 37.2 Å². The zero-order chi connectivity index (χ0) is 22.7. The Morgan fingerprint density at radius 2 is 2.00 bits per heavy atom. The van der Waals surface area contributed by atoms with E-state index in [4.69, 9.17) is 0 Å². The van der Waals surface area contributed by atoms with Crippen LogP contribution >= 0.6 is 0 Å². The molecule has 0 spiro atoms. The standard InChI is InChI=1S/C24H31NO6/c1-3-14(9-15-5-4-6-17(28)10-15)7-8-20(29)21-16(12-26)11-18-22(19(21)13-27)24(31)25(2)23(18)30/h4-6,9-10,18-20,22,26-29H,3,7-8,11-13H2,1-2H3/b14-9+/t18-,19+,20-,22-/m1/s1. The zero-order valence-electron chi connectivity index (χ0n) is 18.0. The molecule has 4 atom stereocenters. The van der Waals surface area contributed by atoms with Crippen molar-refractivity contribution in [2.45, 2.75) is 38.7 Å². The number of aliphatic hydroxyl groups excluding tert-OH is 3. The molecule has 7 nitrogen and oxygen atoms in total. The van der Waals surface area contributed by atoms with Gasteiger partial charge in [-0.05, 0) is 54.5 Å². The van der Waals surface area contributed by atoms with Gasteiger partial charge in [-0.15, -0.1) is 0 Å². The summed E-state index contributed by atoms with van der Waals surface area (Å²) >= 11 is 0. The van der Waals surface area contributed by atoms with Gasteiger partial charge in [-0.25, -0.2) is 0 Å². The van der Waals surface area contributed by atoms with Crippen molar-refractivity contribution in [3.63, 3.8) is 0 Å². The van der Waals surface area contributed by atoms with Crippen molar-refractivity contribution >= 4 is 17.9 Å². The topological polar surface area (TPSA) is 118 Å². The number of aliphatic hydroxyl groups is 3. The number of fused-ring (bicyclic) bond motifs is 1. The smallest absolute Gasteiger partial charge is 0.233 e. The molecule has 2 amide bonds. The molecule has 1 saturated heterocycles. The molecule has 0 saturated carbocycles. The molecule has 0 unspecified atom stereocenters. The molecule has 1 heterocycles. The molecule has 7 heteroatoms.